The number of ether oxygens (including phenoxy) is 1. The zero-order valence-electron chi connectivity index (χ0n) is 7.01. The third-order valence-corrected chi connectivity index (χ3v) is 2.21. The van der Waals surface area contributed by atoms with Crippen molar-refractivity contribution in [2.24, 2.45) is 5.90 Å². The molecule has 0 bridgehead atoms. The highest BCUT2D eigenvalue weighted by atomic mass is 79.9. The maximum absolute atomic E-state index is 13.2. The van der Waals surface area contributed by atoms with E-state index in [2.05, 4.69) is 20.8 Å². The molecule has 13 heavy (non-hydrogen) atoms. The van der Waals surface area contributed by atoms with Gasteiger partial charge in [0.2, 0.25) is 0 Å². The molecule has 0 fully saturated rings. The van der Waals surface area contributed by atoms with Gasteiger partial charge in [0.15, 0.2) is 0 Å². The first-order valence-electron chi connectivity index (χ1n) is 3.53. The largest absolute Gasteiger partial charge is 0.495 e. The molecule has 0 aliphatic rings. The summed E-state index contributed by atoms with van der Waals surface area (Å²) in [5.41, 5.74) is 0.305. The fraction of sp³-hybridized carbons (Fsp3) is 0.250. The van der Waals surface area contributed by atoms with Crippen molar-refractivity contribution in [1.29, 1.82) is 0 Å². The minimum Gasteiger partial charge on any atom is -0.495 e. The molecule has 0 heterocycles. The molecule has 1 aromatic rings. The van der Waals surface area contributed by atoms with E-state index in [0.717, 1.165) is 0 Å². The van der Waals surface area contributed by atoms with E-state index in [4.69, 9.17) is 10.6 Å². The number of hydrogen-bond acceptors (Lipinski definition) is 3. The lowest BCUT2D eigenvalue weighted by molar-refractivity contribution is 0.119. The summed E-state index contributed by atoms with van der Waals surface area (Å²) in [5, 5.41) is 0. The Hall–Kier alpha value is -0.650. The summed E-state index contributed by atoms with van der Waals surface area (Å²) in [6, 6.07) is 2.88. The molecule has 0 aliphatic carbocycles. The summed E-state index contributed by atoms with van der Waals surface area (Å²) in [6.07, 6.45) is 0. The molecule has 0 amide bonds. The van der Waals surface area contributed by atoms with E-state index >= 15 is 0 Å². The Labute approximate surface area is 83.7 Å². The molecule has 0 unspecified atom stereocenters. The van der Waals surface area contributed by atoms with Gasteiger partial charge >= 0.3 is 0 Å². The van der Waals surface area contributed by atoms with Crippen molar-refractivity contribution in [3.05, 3.63) is 28.0 Å². The number of nitrogens with two attached hydrogens (primary N) is 1. The van der Waals surface area contributed by atoms with Gasteiger partial charge in [0.25, 0.3) is 0 Å². The van der Waals surface area contributed by atoms with Crippen molar-refractivity contribution >= 4 is 15.9 Å². The SMILES string of the molecule is COc1c(Br)ccc(F)c1CON. The highest BCUT2D eigenvalue weighted by Crippen LogP contribution is 2.30. The van der Waals surface area contributed by atoms with Gasteiger partial charge in [-0.15, -0.1) is 0 Å². The Morgan fingerprint density at radius 1 is 1.54 bits per heavy atom. The Morgan fingerprint density at radius 2 is 2.23 bits per heavy atom. The molecule has 1 aromatic carbocycles. The number of rotatable bonds is 3. The lowest BCUT2D eigenvalue weighted by Gasteiger charge is -2.09. The van der Waals surface area contributed by atoms with E-state index in [9.17, 15) is 4.39 Å². The molecule has 0 saturated carbocycles. The molecule has 0 saturated heterocycles. The highest BCUT2D eigenvalue weighted by Gasteiger charge is 2.12. The molecule has 0 atom stereocenters. The van der Waals surface area contributed by atoms with Gasteiger partial charge in [-0.1, -0.05) is 0 Å². The summed E-state index contributed by atoms with van der Waals surface area (Å²) >= 11 is 3.22. The van der Waals surface area contributed by atoms with Crippen LogP contribution in [0.2, 0.25) is 0 Å². The maximum Gasteiger partial charge on any atom is 0.141 e. The van der Waals surface area contributed by atoms with E-state index in [1.165, 1.54) is 13.2 Å². The molecular weight excluding hydrogens is 241 g/mol. The molecule has 5 heteroatoms. The monoisotopic (exact) mass is 249 g/mol. The van der Waals surface area contributed by atoms with Gasteiger partial charge < -0.3 is 4.74 Å². The molecule has 1 rings (SSSR count). The van der Waals surface area contributed by atoms with Crippen LogP contribution in [0.1, 0.15) is 5.56 Å². The third kappa shape index (κ3) is 2.18. The molecule has 0 aromatic heterocycles. The van der Waals surface area contributed by atoms with Crippen LogP contribution in [0.3, 0.4) is 0 Å². The predicted octanol–water partition coefficient (Wildman–Crippen LogP) is 1.99. The van der Waals surface area contributed by atoms with Crippen LogP contribution in [0, 0.1) is 5.82 Å². The fourth-order valence-corrected chi connectivity index (χ4v) is 1.55. The minimum atomic E-state index is -0.398. The van der Waals surface area contributed by atoms with Gasteiger partial charge in [-0.05, 0) is 28.1 Å². The van der Waals surface area contributed by atoms with Crippen LogP contribution in [0.4, 0.5) is 4.39 Å². The Balaban J connectivity index is 3.18. The normalized spacial score (nSPS) is 10.2. The van der Waals surface area contributed by atoms with E-state index in [1.54, 1.807) is 6.07 Å². The van der Waals surface area contributed by atoms with Crippen molar-refractivity contribution in [3.63, 3.8) is 0 Å². The van der Waals surface area contributed by atoms with Crippen LogP contribution in [-0.4, -0.2) is 7.11 Å². The first kappa shape index (κ1) is 10.4. The standard InChI is InChI=1S/C8H9BrFNO2/c1-12-8-5(4-13-11)7(10)3-2-6(8)9/h2-3H,4,11H2,1H3. The molecule has 0 radical (unpaired) electrons. The second kappa shape index (κ2) is 4.55. The summed E-state index contributed by atoms with van der Waals surface area (Å²) in [5.74, 6) is 4.88. The maximum atomic E-state index is 13.2. The van der Waals surface area contributed by atoms with Crippen molar-refractivity contribution in [2.45, 2.75) is 6.61 Å². The first-order valence-corrected chi connectivity index (χ1v) is 4.32. The summed E-state index contributed by atoms with van der Waals surface area (Å²) in [7, 11) is 1.46. The van der Waals surface area contributed by atoms with Crippen LogP contribution >= 0.6 is 15.9 Å². The van der Waals surface area contributed by atoms with Gasteiger partial charge in [0, 0.05) is 0 Å². The van der Waals surface area contributed by atoms with E-state index in [1.807, 2.05) is 0 Å². The quantitative estimate of drug-likeness (QED) is 0.834. The average molecular weight is 250 g/mol. The molecule has 0 spiro atoms. The highest BCUT2D eigenvalue weighted by molar-refractivity contribution is 9.10. The molecule has 2 N–H and O–H groups in total. The Bertz CT molecular complexity index is 306. The van der Waals surface area contributed by atoms with Crippen molar-refractivity contribution in [3.8, 4) is 5.75 Å². The van der Waals surface area contributed by atoms with Crippen LogP contribution in [0.25, 0.3) is 0 Å². The van der Waals surface area contributed by atoms with Crippen molar-refractivity contribution in [2.75, 3.05) is 7.11 Å². The smallest absolute Gasteiger partial charge is 0.141 e. The Kier molecular flexibility index (Phi) is 3.65. The number of methoxy groups -OCH3 is 1. The summed E-state index contributed by atoms with van der Waals surface area (Å²) < 4.78 is 18.8. The number of benzene rings is 1. The van der Waals surface area contributed by atoms with E-state index in [-0.39, 0.29) is 6.61 Å². The van der Waals surface area contributed by atoms with Crippen LogP contribution in [0.15, 0.2) is 16.6 Å². The van der Waals surface area contributed by atoms with Crippen molar-refractivity contribution in [1.82, 2.24) is 0 Å². The molecule has 72 valence electrons. The second-order valence-electron chi connectivity index (χ2n) is 2.35. The van der Waals surface area contributed by atoms with E-state index in [0.29, 0.717) is 15.8 Å². The van der Waals surface area contributed by atoms with Gasteiger partial charge in [-0.25, -0.2) is 10.3 Å². The zero-order chi connectivity index (χ0) is 9.84. The summed E-state index contributed by atoms with van der Waals surface area (Å²) in [4.78, 5) is 4.37. The molecule has 0 aliphatic heterocycles. The van der Waals surface area contributed by atoms with Gasteiger partial charge in [0.05, 0.1) is 23.8 Å². The lowest BCUT2D eigenvalue weighted by atomic mass is 10.2. The summed E-state index contributed by atoms with van der Waals surface area (Å²) in [6.45, 7) is -0.0194. The zero-order valence-corrected chi connectivity index (χ0v) is 8.60. The lowest BCUT2D eigenvalue weighted by Crippen LogP contribution is -2.04. The van der Waals surface area contributed by atoms with Gasteiger partial charge in [-0.2, -0.15) is 0 Å². The third-order valence-electron chi connectivity index (χ3n) is 1.59. The first-order chi connectivity index (χ1) is 6.20. The van der Waals surface area contributed by atoms with Crippen LogP contribution in [-0.2, 0) is 11.4 Å². The van der Waals surface area contributed by atoms with Crippen LogP contribution in [0.5, 0.6) is 5.75 Å². The average Bonchev–Trinajstić information content (AvgIpc) is 2.12. The molecular formula is C8H9BrFNO2. The molecule has 3 nitrogen and oxygen atoms in total. The fourth-order valence-electron chi connectivity index (χ4n) is 1.01. The van der Waals surface area contributed by atoms with Gasteiger partial charge in [0.1, 0.15) is 11.6 Å². The Morgan fingerprint density at radius 3 is 2.77 bits per heavy atom. The van der Waals surface area contributed by atoms with E-state index < -0.39 is 5.82 Å². The number of hydrogen-bond donors (Lipinski definition) is 1. The second-order valence-corrected chi connectivity index (χ2v) is 3.21. The van der Waals surface area contributed by atoms with Crippen molar-refractivity contribution < 1.29 is 14.0 Å². The minimum absolute atomic E-state index is 0.0194. The topological polar surface area (TPSA) is 44.5 Å². The predicted molar refractivity (Wildman–Crippen MR) is 49.6 cm³/mol. The number of halogens is 2. The van der Waals surface area contributed by atoms with Crippen LogP contribution < -0.4 is 10.6 Å². The van der Waals surface area contributed by atoms with Gasteiger partial charge in [-0.3, -0.25) is 4.84 Å².